The molecule has 0 atom stereocenters. The summed E-state index contributed by atoms with van der Waals surface area (Å²) < 4.78 is 24.5. The van der Waals surface area contributed by atoms with Crippen molar-refractivity contribution in [3.05, 3.63) is 0 Å². The van der Waals surface area contributed by atoms with Gasteiger partial charge in [-0.25, -0.2) is 8.78 Å². The predicted molar refractivity (Wildman–Crippen MR) is 75.6 cm³/mol. The fourth-order valence-corrected chi connectivity index (χ4v) is 2.34. The summed E-state index contributed by atoms with van der Waals surface area (Å²) in [4.78, 5) is 1.65. The highest BCUT2D eigenvalue weighted by Gasteiger charge is 2.10. The Bertz CT molecular complexity index is 173. The summed E-state index contributed by atoms with van der Waals surface area (Å²) in [6.07, 6.45) is 5.94. The number of alkyl halides is 3. The number of hydrogen-bond acceptors (Lipinski definition) is 2. The molecule has 0 aromatic heterocycles. The van der Waals surface area contributed by atoms with Crippen LogP contribution in [0.2, 0.25) is 0 Å². The molecular weight excluding hydrogens is 304 g/mol. The molecule has 0 saturated carbocycles. The Hall–Kier alpha value is 0.260. The molecular formula is C13H26BrF2NO. The zero-order chi connectivity index (χ0) is 13.6. The molecule has 110 valence electrons. The fourth-order valence-electron chi connectivity index (χ4n) is 1.94. The summed E-state index contributed by atoms with van der Waals surface area (Å²) in [7, 11) is 0. The minimum absolute atomic E-state index is 0.0424. The maximum Gasteiger partial charge on any atom is 0.251 e. The van der Waals surface area contributed by atoms with Crippen LogP contribution in [0.3, 0.4) is 0 Å². The quantitative estimate of drug-likeness (QED) is 0.411. The van der Waals surface area contributed by atoms with E-state index < -0.39 is 6.43 Å². The zero-order valence-corrected chi connectivity index (χ0v) is 12.7. The largest absolute Gasteiger partial charge is 0.395 e. The zero-order valence-electron chi connectivity index (χ0n) is 11.1. The van der Waals surface area contributed by atoms with Crippen LogP contribution >= 0.6 is 15.9 Å². The lowest BCUT2D eigenvalue weighted by Gasteiger charge is -2.20. The van der Waals surface area contributed by atoms with E-state index in [4.69, 9.17) is 5.11 Å². The molecule has 0 aliphatic heterocycles. The number of aliphatic hydroxyl groups is 1. The second kappa shape index (κ2) is 13.7. The minimum Gasteiger partial charge on any atom is -0.395 e. The van der Waals surface area contributed by atoms with E-state index in [1.807, 2.05) is 0 Å². The van der Waals surface area contributed by atoms with E-state index in [2.05, 4.69) is 15.9 Å². The topological polar surface area (TPSA) is 23.5 Å². The molecule has 18 heavy (non-hydrogen) atoms. The van der Waals surface area contributed by atoms with Gasteiger partial charge in [0.15, 0.2) is 0 Å². The third kappa shape index (κ3) is 12.7. The van der Waals surface area contributed by atoms with Gasteiger partial charge in [-0.1, -0.05) is 48.0 Å². The molecule has 2 nitrogen and oxygen atoms in total. The number of nitrogens with zero attached hydrogens (tertiary/aromatic N) is 1. The van der Waals surface area contributed by atoms with Gasteiger partial charge in [-0.3, -0.25) is 4.90 Å². The summed E-state index contributed by atoms with van der Waals surface area (Å²) in [5, 5.41) is 9.86. The third-order valence-corrected chi connectivity index (χ3v) is 3.48. The predicted octanol–water partition coefficient (Wildman–Crippen LogP) is 3.67. The van der Waals surface area contributed by atoms with Crippen molar-refractivity contribution in [2.24, 2.45) is 0 Å². The van der Waals surface area contributed by atoms with E-state index >= 15 is 0 Å². The molecule has 0 aromatic rings. The van der Waals surface area contributed by atoms with Gasteiger partial charge in [0.2, 0.25) is 0 Å². The van der Waals surface area contributed by atoms with Gasteiger partial charge in [-0.05, 0) is 19.4 Å². The van der Waals surface area contributed by atoms with Gasteiger partial charge in [-0.15, -0.1) is 0 Å². The Labute approximate surface area is 118 Å². The molecule has 5 heteroatoms. The molecule has 0 aliphatic carbocycles. The lowest BCUT2D eigenvalue weighted by molar-refractivity contribution is 0.0774. The monoisotopic (exact) mass is 329 g/mol. The van der Waals surface area contributed by atoms with Crippen LogP contribution in [0.4, 0.5) is 8.78 Å². The number of rotatable bonds is 13. The average Bonchev–Trinajstić information content (AvgIpc) is 2.32. The van der Waals surface area contributed by atoms with E-state index in [1.54, 1.807) is 4.90 Å². The first kappa shape index (κ1) is 18.3. The smallest absolute Gasteiger partial charge is 0.251 e. The van der Waals surface area contributed by atoms with Gasteiger partial charge in [0, 0.05) is 11.9 Å². The molecule has 0 aromatic carbocycles. The highest BCUT2D eigenvalue weighted by molar-refractivity contribution is 9.09. The average molecular weight is 330 g/mol. The first-order valence-corrected chi connectivity index (χ1v) is 8.00. The van der Waals surface area contributed by atoms with Crippen LogP contribution in [-0.2, 0) is 0 Å². The SMILES string of the molecule is OCCN(CCCCCCCCCBr)CC(F)F. The van der Waals surface area contributed by atoms with Crippen molar-refractivity contribution >= 4 is 15.9 Å². The molecule has 0 saturated heterocycles. The molecule has 0 fully saturated rings. The first-order valence-electron chi connectivity index (χ1n) is 6.88. The van der Waals surface area contributed by atoms with E-state index in [0.29, 0.717) is 13.1 Å². The Balaban J connectivity index is 3.37. The van der Waals surface area contributed by atoms with Crippen molar-refractivity contribution < 1.29 is 13.9 Å². The Morgan fingerprint density at radius 2 is 1.44 bits per heavy atom. The van der Waals surface area contributed by atoms with Crippen LogP contribution in [-0.4, -0.2) is 48.0 Å². The molecule has 0 unspecified atom stereocenters. The van der Waals surface area contributed by atoms with Crippen molar-refractivity contribution in [3.63, 3.8) is 0 Å². The number of hydrogen-bond donors (Lipinski definition) is 1. The second-order valence-corrected chi connectivity index (χ2v) is 5.37. The van der Waals surface area contributed by atoms with Gasteiger partial charge in [-0.2, -0.15) is 0 Å². The van der Waals surface area contributed by atoms with Gasteiger partial charge >= 0.3 is 0 Å². The van der Waals surface area contributed by atoms with E-state index in [9.17, 15) is 8.78 Å². The summed E-state index contributed by atoms with van der Waals surface area (Å²) in [6.45, 7) is 0.771. The third-order valence-electron chi connectivity index (χ3n) is 2.92. The lowest BCUT2D eigenvalue weighted by Crippen LogP contribution is -2.32. The van der Waals surface area contributed by atoms with Crippen LogP contribution in [0.1, 0.15) is 44.9 Å². The molecule has 0 amide bonds. The number of aliphatic hydroxyl groups excluding tert-OH is 1. The minimum atomic E-state index is -2.30. The summed E-state index contributed by atoms with van der Waals surface area (Å²) in [6, 6.07) is 0. The van der Waals surface area contributed by atoms with Crippen LogP contribution in [0, 0.1) is 0 Å². The van der Waals surface area contributed by atoms with Crippen molar-refractivity contribution in [1.82, 2.24) is 4.90 Å². The molecule has 0 spiro atoms. The molecule has 0 bridgehead atoms. The van der Waals surface area contributed by atoms with E-state index in [-0.39, 0.29) is 13.2 Å². The van der Waals surface area contributed by atoms with Crippen LogP contribution in [0.25, 0.3) is 0 Å². The van der Waals surface area contributed by atoms with Crippen molar-refractivity contribution in [2.75, 3.05) is 31.6 Å². The van der Waals surface area contributed by atoms with Crippen molar-refractivity contribution in [2.45, 2.75) is 51.4 Å². The molecule has 0 aliphatic rings. The summed E-state index contributed by atoms with van der Waals surface area (Å²) in [5.74, 6) is 0. The van der Waals surface area contributed by atoms with E-state index in [1.165, 1.54) is 32.1 Å². The molecule has 1 N–H and O–H groups in total. The van der Waals surface area contributed by atoms with E-state index in [0.717, 1.165) is 18.2 Å². The fraction of sp³-hybridized carbons (Fsp3) is 1.00. The molecule has 0 rings (SSSR count). The molecule has 0 heterocycles. The first-order chi connectivity index (χ1) is 8.70. The number of unbranched alkanes of at least 4 members (excludes halogenated alkanes) is 6. The maximum absolute atomic E-state index is 12.2. The second-order valence-electron chi connectivity index (χ2n) is 4.58. The van der Waals surface area contributed by atoms with Crippen molar-refractivity contribution in [3.8, 4) is 0 Å². The highest BCUT2D eigenvalue weighted by Crippen LogP contribution is 2.09. The lowest BCUT2D eigenvalue weighted by atomic mass is 10.1. The normalized spacial score (nSPS) is 11.7. The van der Waals surface area contributed by atoms with Crippen LogP contribution in [0.5, 0.6) is 0 Å². The highest BCUT2D eigenvalue weighted by atomic mass is 79.9. The Morgan fingerprint density at radius 3 is 1.94 bits per heavy atom. The van der Waals surface area contributed by atoms with Crippen LogP contribution in [0.15, 0.2) is 0 Å². The van der Waals surface area contributed by atoms with Gasteiger partial charge in [0.1, 0.15) is 0 Å². The maximum atomic E-state index is 12.2. The Kier molecular flexibility index (Phi) is 13.9. The number of halogens is 3. The van der Waals surface area contributed by atoms with Gasteiger partial charge in [0.05, 0.1) is 13.2 Å². The van der Waals surface area contributed by atoms with Gasteiger partial charge in [0.25, 0.3) is 6.43 Å². The molecule has 0 radical (unpaired) electrons. The van der Waals surface area contributed by atoms with Crippen molar-refractivity contribution in [1.29, 1.82) is 0 Å². The Morgan fingerprint density at radius 1 is 0.889 bits per heavy atom. The van der Waals surface area contributed by atoms with Crippen LogP contribution < -0.4 is 0 Å². The summed E-state index contributed by atoms with van der Waals surface area (Å²) in [5.41, 5.74) is 0. The van der Waals surface area contributed by atoms with Gasteiger partial charge < -0.3 is 5.11 Å². The summed E-state index contributed by atoms with van der Waals surface area (Å²) >= 11 is 3.41. The standard InChI is InChI=1S/C13H26BrF2NO/c14-8-6-4-2-1-3-5-7-9-17(10-11-18)12-13(15)16/h13,18H,1-12H2.